The van der Waals surface area contributed by atoms with Gasteiger partial charge in [-0.05, 0) is 44.9 Å². The molecule has 0 aliphatic carbocycles. The van der Waals surface area contributed by atoms with Gasteiger partial charge in [0.05, 0.1) is 22.4 Å². The Morgan fingerprint density at radius 2 is 1.85 bits per heavy atom. The SMILES string of the molecule is CCC(C)(OCCC(C)(C)F)c1ccc2c(c1)[nH]c1c3ccccc3sc21. The number of halogens is 1. The zero-order valence-corrected chi connectivity index (χ0v) is 17.2. The molecule has 2 aromatic heterocycles. The number of thiophene rings is 1. The zero-order chi connectivity index (χ0) is 19.2. The highest BCUT2D eigenvalue weighted by molar-refractivity contribution is 7.26. The van der Waals surface area contributed by atoms with E-state index in [0.29, 0.717) is 13.0 Å². The van der Waals surface area contributed by atoms with Crippen LogP contribution < -0.4 is 0 Å². The van der Waals surface area contributed by atoms with Crippen LogP contribution in [0.5, 0.6) is 0 Å². The van der Waals surface area contributed by atoms with E-state index < -0.39 is 11.3 Å². The maximum absolute atomic E-state index is 13.8. The Hall–Kier alpha value is -1.91. The molecule has 0 radical (unpaired) electrons. The van der Waals surface area contributed by atoms with Crippen LogP contribution >= 0.6 is 11.3 Å². The number of hydrogen-bond acceptors (Lipinski definition) is 2. The standard InChI is InChI=1S/C23H26FNOS/c1-5-23(4,26-13-12-22(2,3)24)15-10-11-16-18(14-15)25-20-17-8-6-7-9-19(17)27-21(16)20/h6-11,14,25H,5,12-13H2,1-4H3. The van der Waals surface area contributed by atoms with Crippen molar-refractivity contribution in [1.82, 2.24) is 4.98 Å². The van der Waals surface area contributed by atoms with Crippen LogP contribution in [0.1, 0.15) is 46.1 Å². The molecule has 0 saturated carbocycles. The van der Waals surface area contributed by atoms with E-state index in [-0.39, 0.29) is 0 Å². The second-order valence-corrected chi connectivity index (χ2v) is 9.14. The molecular weight excluding hydrogens is 357 g/mol. The summed E-state index contributed by atoms with van der Waals surface area (Å²) >= 11 is 1.83. The summed E-state index contributed by atoms with van der Waals surface area (Å²) in [6.45, 7) is 7.82. The van der Waals surface area contributed by atoms with Crippen LogP contribution in [0.25, 0.3) is 31.2 Å². The fraction of sp³-hybridized carbons (Fsp3) is 0.391. The monoisotopic (exact) mass is 383 g/mol. The molecule has 2 heterocycles. The Bertz CT molecular complexity index is 1100. The van der Waals surface area contributed by atoms with Crippen molar-refractivity contribution in [2.45, 2.75) is 51.8 Å². The van der Waals surface area contributed by atoms with E-state index in [4.69, 9.17) is 4.74 Å². The van der Waals surface area contributed by atoms with Crippen LogP contribution in [0, 0.1) is 0 Å². The number of benzene rings is 2. The molecule has 4 aromatic rings. The second kappa shape index (κ2) is 6.61. The number of aromatic amines is 1. The van der Waals surface area contributed by atoms with Crippen molar-refractivity contribution >= 4 is 42.5 Å². The van der Waals surface area contributed by atoms with E-state index >= 15 is 0 Å². The van der Waals surface area contributed by atoms with Gasteiger partial charge in [-0.2, -0.15) is 0 Å². The molecule has 0 aliphatic rings. The van der Waals surface area contributed by atoms with Crippen LogP contribution in [-0.2, 0) is 10.3 Å². The number of ether oxygens (including phenoxy) is 1. The first-order valence-electron chi connectivity index (χ1n) is 9.57. The van der Waals surface area contributed by atoms with Gasteiger partial charge in [-0.25, -0.2) is 4.39 Å². The van der Waals surface area contributed by atoms with Gasteiger partial charge >= 0.3 is 0 Å². The van der Waals surface area contributed by atoms with E-state index in [2.05, 4.69) is 61.3 Å². The van der Waals surface area contributed by atoms with Crippen molar-refractivity contribution in [2.24, 2.45) is 0 Å². The highest BCUT2D eigenvalue weighted by atomic mass is 32.1. The van der Waals surface area contributed by atoms with Gasteiger partial charge in [-0.3, -0.25) is 0 Å². The first kappa shape index (κ1) is 18.5. The first-order chi connectivity index (χ1) is 12.8. The number of rotatable bonds is 6. The van der Waals surface area contributed by atoms with Gasteiger partial charge < -0.3 is 9.72 Å². The van der Waals surface area contributed by atoms with Crippen LogP contribution in [-0.4, -0.2) is 17.3 Å². The molecule has 0 bridgehead atoms. The maximum atomic E-state index is 13.8. The molecule has 1 N–H and O–H groups in total. The average Bonchev–Trinajstić information content (AvgIpc) is 3.16. The number of fused-ring (bicyclic) bond motifs is 5. The van der Waals surface area contributed by atoms with E-state index in [1.807, 2.05) is 11.3 Å². The van der Waals surface area contributed by atoms with E-state index in [1.165, 1.54) is 25.7 Å². The maximum Gasteiger partial charge on any atom is 0.107 e. The Balaban J connectivity index is 1.72. The predicted octanol–water partition coefficient (Wildman–Crippen LogP) is 7.32. The first-order valence-corrected chi connectivity index (χ1v) is 10.4. The molecule has 1 unspecified atom stereocenters. The summed E-state index contributed by atoms with van der Waals surface area (Å²) in [5.74, 6) is 0. The van der Waals surface area contributed by atoms with Gasteiger partial charge in [0.15, 0.2) is 0 Å². The molecule has 0 spiro atoms. The molecule has 4 rings (SSSR count). The molecule has 27 heavy (non-hydrogen) atoms. The Morgan fingerprint density at radius 3 is 2.59 bits per heavy atom. The summed E-state index contributed by atoms with van der Waals surface area (Å²) in [4.78, 5) is 3.61. The minimum atomic E-state index is -1.20. The number of hydrogen-bond donors (Lipinski definition) is 1. The van der Waals surface area contributed by atoms with E-state index in [1.54, 1.807) is 13.8 Å². The largest absolute Gasteiger partial charge is 0.370 e. The number of alkyl halides is 1. The Kier molecular flexibility index (Phi) is 4.52. The lowest BCUT2D eigenvalue weighted by atomic mass is 9.92. The summed E-state index contributed by atoms with van der Waals surface area (Å²) in [7, 11) is 0. The zero-order valence-electron chi connectivity index (χ0n) is 16.4. The fourth-order valence-corrected chi connectivity index (χ4v) is 4.77. The van der Waals surface area contributed by atoms with Gasteiger partial charge in [0, 0.05) is 27.4 Å². The van der Waals surface area contributed by atoms with Gasteiger partial charge in [-0.1, -0.05) is 37.3 Å². The molecule has 0 saturated heterocycles. The minimum absolute atomic E-state index is 0.398. The summed E-state index contributed by atoms with van der Waals surface area (Å²) in [5.41, 5.74) is 1.85. The summed E-state index contributed by atoms with van der Waals surface area (Å²) in [6, 6.07) is 15.0. The molecule has 0 aliphatic heterocycles. The van der Waals surface area contributed by atoms with E-state index in [0.717, 1.165) is 17.5 Å². The predicted molar refractivity (Wildman–Crippen MR) is 115 cm³/mol. The van der Waals surface area contributed by atoms with Crippen molar-refractivity contribution < 1.29 is 9.13 Å². The highest BCUT2D eigenvalue weighted by Crippen LogP contribution is 2.40. The molecule has 4 heteroatoms. The molecular formula is C23H26FNOS. The van der Waals surface area contributed by atoms with E-state index in [9.17, 15) is 4.39 Å². The fourth-order valence-electron chi connectivity index (χ4n) is 3.58. The van der Waals surface area contributed by atoms with Gasteiger partial charge in [0.2, 0.25) is 0 Å². The molecule has 142 valence electrons. The minimum Gasteiger partial charge on any atom is -0.370 e. The topological polar surface area (TPSA) is 25.0 Å². The number of aromatic nitrogens is 1. The van der Waals surface area contributed by atoms with Crippen LogP contribution in [0.3, 0.4) is 0 Å². The van der Waals surface area contributed by atoms with Crippen LogP contribution in [0.2, 0.25) is 0 Å². The Labute approximate surface area is 163 Å². The third-order valence-corrected chi connectivity index (χ3v) is 6.73. The molecule has 0 amide bonds. The summed E-state index contributed by atoms with van der Waals surface area (Å²) in [5, 5.41) is 2.52. The van der Waals surface area contributed by atoms with Crippen LogP contribution in [0.15, 0.2) is 42.5 Å². The lowest BCUT2D eigenvalue weighted by Gasteiger charge is -2.30. The smallest absolute Gasteiger partial charge is 0.107 e. The summed E-state index contributed by atoms with van der Waals surface area (Å²) in [6.07, 6.45) is 1.23. The highest BCUT2D eigenvalue weighted by Gasteiger charge is 2.27. The molecule has 2 nitrogen and oxygen atoms in total. The molecule has 0 fully saturated rings. The van der Waals surface area contributed by atoms with Gasteiger partial charge in [-0.15, -0.1) is 11.3 Å². The second-order valence-electron chi connectivity index (χ2n) is 8.09. The lowest BCUT2D eigenvalue weighted by Crippen LogP contribution is -2.27. The van der Waals surface area contributed by atoms with Crippen molar-refractivity contribution in [3.63, 3.8) is 0 Å². The third-order valence-electron chi connectivity index (χ3n) is 5.52. The normalized spacial score (nSPS) is 15.0. The average molecular weight is 384 g/mol. The number of nitrogens with one attached hydrogen (secondary N) is 1. The van der Waals surface area contributed by atoms with Crippen molar-refractivity contribution in [1.29, 1.82) is 0 Å². The summed E-state index contributed by atoms with van der Waals surface area (Å²) < 4.78 is 22.6. The van der Waals surface area contributed by atoms with Crippen molar-refractivity contribution in [2.75, 3.05) is 6.61 Å². The van der Waals surface area contributed by atoms with Crippen LogP contribution in [0.4, 0.5) is 4.39 Å². The van der Waals surface area contributed by atoms with Crippen molar-refractivity contribution in [3.8, 4) is 0 Å². The third kappa shape index (κ3) is 3.37. The lowest BCUT2D eigenvalue weighted by molar-refractivity contribution is -0.0518. The van der Waals surface area contributed by atoms with Gasteiger partial charge in [0.1, 0.15) is 5.67 Å². The molecule has 2 aromatic carbocycles. The number of H-pyrrole nitrogens is 1. The van der Waals surface area contributed by atoms with Gasteiger partial charge in [0.25, 0.3) is 0 Å². The van der Waals surface area contributed by atoms with Crippen molar-refractivity contribution in [3.05, 3.63) is 48.0 Å². The quantitative estimate of drug-likeness (QED) is 0.371. The molecule has 1 atom stereocenters. The Morgan fingerprint density at radius 1 is 1.07 bits per heavy atom.